The molecule has 0 aliphatic carbocycles. The number of nitriles is 3. The molecule has 0 unspecified atom stereocenters. The Hall–Kier alpha value is -5.90. The fraction of sp³-hybridized carbons (Fsp3) is 0.0303. The third kappa shape index (κ3) is 4.11. The number of pyridine rings is 1. The maximum absolute atomic E-state index is 9.53. The van der Waals surface area contributed by atoms with E-state index >= 15 is 0 Å². The quantitative estimate of drug-likeness (QED) is 0.249. The Morgan fingerprint density at radius 1 is 0.615 bits per heavy atom. The summed E-state index contributed by atoms with van der Waals surface area (Å²) in [6.07, 6.45) is 0. The predicted molar refractivity (Wildman–Crippen MR) is 152 cm³/mol. The highest BCUT2D eigenvalue weighted by molar-refractivity contribution is 6.10. The first-order valence-corrected chi connectivity index (χ1v) is 12.3. The fourth-order valence-electron chi connectivity index (χ4n) is 4.94. The first-order valence-electron chi connectivity index (χ1n) is 12.3. The van der Waals surface area contributed by atoms with Crippen LogP contribution in [0.25, 0.3) is 27.6 Å². The van der Waals surface area contributed by atoms with Gasteiger partial charge in [0.15, 0.2) is 0 Å². The summed E-state index contributed by atoms with van der Waals surface area (Å²) in [6, 6.07) is 39.3. The molecule has 182 valence electrons. The number of rotatable bonds is 4. The van der Waals surface area contributed by atoms with Crippen molar-refractivity contribution in [1.82, 2.24) is 9.55 Å². The summed E-state index contributed by atoms with van der Waals surface area (Å²) in [5.41, 5.74) is 6.32. The molecule has 2 heterocycles. The molecule has 0 N–H and O–H groups in total. The molecule has 0 saturated heterocycles. The van der Waals surface area contributed by atoms with Gasteiger partial charge in [0, 0.05) is 22.1 Å². The van der Waals surface area contributed by atoms with Gasteiger partial charge in [-0.25, -0.2) is 4.98 Å². The molecule has 6 rings (SSSR count). The Morgan fingerprint density at radius 3 is 1.72 bits per heavy atom. The van der Waals surface area contributed by atoms with Crippen molar-refractivity contribution in [3.8, 4) is 24.0 Å². The maximum Gasteiger partial charge on any atom is 0.140 e. The molecule has 0 fully saturated rings. The van der Waals surface area contributed by atoms with Gasteiger partial charge in [-0.3, -0.25) is 9.47 Å². The zero-order valence-electron chi connectivity index (χ0n) is 21.0. The number of hydrogen-bond donors (Lipinski definition) is 0. The lowest BCUT2D eigenvalue weighted by Crippen LogP contribution is -2.13. The first kappa shape index (κ1) is 23.5. The third-order valence-corrected chi connectivity index (χ3v) is 6.69. The van der Waals surface area contributed by atoms with E-state index in [1.165, 1.54) is 0 Å². The van der Waals surface area contributed by atoms with E-state index in [9.17, 15) is 15.8 Å². The molecule has 6 heteroatoms. The normalized spacial score (nSPS) is 10.6. The van der Waals surface area contributed by atoms with Crippen molar-refractivity contribution < 1.29 is 0 Å². The summed E-state index contributed by atoms with van der Waals surface area (Å²) in [5.74, 6) is 1.44. The number of fused-ring (bicyclic) bond motifs is 3. The minimum absolute atomic E-state index is 0.554. The van der Waals surface area contributed by atoms with Gasteiger partial charge < -0.3 is 0 Å². The number of hydrogen-bond acceptors (Lipinski definition) is 5. The van der Waals surface area contributed by atoms with Crippen LogP contribution in [0, 0.1) is 40.9 Å². The highest BCUT2D eigenvalue weighted by atomic mass is 15.2. The summed E-state index contributed by atoms with van der Waals surface area (Å²) in [5, 5.41) is 30.1. The van der Waals surface area contributed by atoms with Crippen LogP contribution in [0.3, 0.4) is 0 Å². The van der Waals surface area contributed by atoms with Gasteiger partial charge in [0.25, 0.3) is 0 Å². The van der Waals surface area contributed by atoms with Gasteiger partial charge in [0.1, 0.15) is 11.6 Å². The number of aromatic nitrogens is 2. The van der Waals surface area contributed by atoms with Crippen molar-refractivity contribution >= 4 is 39.0 Å². The van der Waals surface area contributed by atoms with E-state index in [0.717, 1.165) is 44.6 Å². The fourth-order valence-corrected chi connectivity index (χ4v) is 4.94. The number of nitrogens with zero attached hydrogens (tertiary/aromatic N) is 6. The number of benzene rings is 4. The summed E-state index contributed by atoms with van der Waals surface area (Å²) >= 11 is 0. The van der Waals surface area contributed by atoms with Crippen molar-refractivity contribution in [3.05, 3.63) is 125 Å². The van der Waals surface area contributed by atoms with Crippen LogP contribution in [-0.2, 0) is 0 Å². The molecule has 0 aliphatic heterocycles. The Bertz CT molecular complexity index is 1930. The van der Waals surface area contributed by atoms with Gasteiger partial charge in [-0.1, -0.05) is 18.2 Å². The number of anilines is 3. The molecule has 6 nitrogen and oxygen atoms in total. The molecular weight excluding hydrogens is 480 g/mol. The van der Waals surface area contributed by atoms with Crippen LogP contribution in [0.5, 0.6) is 0 Å². The van der Waals surface area contributed by atoms with E-state index in [-0.39, 0.29) is 0 Å². The number of para-hydroxylation sites is 1. The lowest BCUT2D eigenvalue weighted by molar-refractivity contribution is 1.05. The second kappa shape index (κ2) is 9.52. The van der Waals surface area contributed by atoms with Crippen LogP contribution >= 0.6 is 0 Å². The van der Waals surface area contributed by atoms with Crippen LogP contribution < -0.4 is 4.90 Å². The minimum atomic E-state index is 0.554. The minimum Gasteiger partial charge on any atom is -0.295 e. The Balaban J connectivity index is 1.62. The van der Waals surface area contributed by atoms with Crippen molar-refractivity contribution in [3.63, 3.8) is 0 Å². The highest BCUT2D eigenvalue weighted by Crippen LogP contribution is 2.37. The molecule has 4 aromatic carbocycles. The van der Waals surface area contributed by atoms with Gasteiger partial charge in [0.2, 0.25) is 0 Å². The average molecular weight is 501 g/mol. The van der Waals surface area contributed by atoms with Crippen LogP contribution in [0.1, 0.15) is 22.3 Å². The topological polar surface area (TPSA) is 92.4 Å². The van der Waals surface area contributed by atoms with Gasteiger partial charge in [-0.2, -0.15) is 15.8 Å². The lowest BCUT2D eigenvalue weighted by Gasteiger charge is -2.25. The van der Waals surface area contributed by atoms with Crippen molar-refractivity contribution in [2.45, 2.75) is 6.92 Å². The zero-order valence-corrected chi connectivity index (χ0v) is 21.0. The number of aryl methyl sites for hydroxylation is 1. The molecule has 0 bridgehead atoms. The van der Waals surface area contributed by atoms with Crippen molar-refractivity contribution in [2.75, 3.05) is 4.90 Å². The second-order valence-electron chi connectivity index (χ2n) is 9.21. The van der Waals surface area contributed by atoms with Gasteiger partial charge in [-0.15, -0.1) is 0 Å². The molecule has 0 spiro atoms. The van der Waals surface area contributed by atoms with Crippen LogP contribution in [-0.4, -0.2) is 9.55 Å². The monoisotopic (exact) mass is 500 g/mol. The SMILES string of the molecule is Cc1cc(N(c2ccccc2)c2ccc(C#N)cc2)nc(-n2c3ccc(C#N)cc3c3cc(C#N)ccc32)c1. The molecule has 39 heavy (non-hydrogen) atoms. The standard InChI is InChI=1S/C33H20N6/c1-22-15-32(38(26-5-3-2-4-6-26)27-11-7-23(19-34)8-12-27)37-33(16-22)39-30-13-9-24(20-35)17-28(30)29-18-25(21-36)10-14-31(29)39/h2-18H,1H3. The van der Waals surface area contributed by atoms with Gasteiger partial charge in [0.05, 0.1) is 45.9 Å². The van der Waals surface area contributed by atoms with E-state index in [2.05, 4.69) is 27.7 Å². The summed E-state index contributed by atoms with van der Waals surface area (Å²) in [4.78, 5) is 7.21. The molecular formula is C33H20N6. The smallest absolute Gasteiger partial charge is 0.140 e. The summed E-state index contributed by atoms with van der Waals surface area (Å²) < 4.78 is 2.07. The zero-order chi connectivity index (χ0) is 26.9. The first-order chi connectivity index (χ1) is 19.1. The lowest BCUT2D eigenvalue weighted by atomic mass is 10.1. The van der Waals surface area contributed by atoms with E-state index in [4.69, 9.17) is 4.98 Å². The largest absolute Gasteiger partial charge is 0.295 e. The maximum atomic E-state index is 9.53. The van der Waals surface area contributed by atoms with E-state index in [0.29, 0.717) is 22.5 Å². The van der Waals surface area contributed by atoms with Gasteiger partial charge >= 0.3 is 0 Å². The molecule has 0 saturated carbocycles. The van der Waals surface area contributed by atoms with Gasteiger partial charge in [-0.05, 0) is 97.4 Å². The van der Waals surface area contributed by atoms with E-state index in [1.807, 2.05) is 85.8 Å². The van der Waals surface area contributed by atoms with E-state index < -0.39 is 0 Å². The van der Waals surface area contributed by atoms with E-state index in [1.54, 1.807) is 24.3 Å². The molecule has 0 atom stereocenters. The highest BCUT2D eigenvalue weighted by Gasteiger charge is 2.19. The second-order valence-corrected chi connectivity index (χ2v) is 9.21. The summed E-state index contributed by atoms with van der Waals surface area (Å²) in [7, 11) is 0. The van der Waals surface area contributed by atoms with Crippen molar-refractivity contribution in [2.24, 2.45) is 0 Å². The molecule has 0 amide bonds. The molecule has 0 aliphatic rings. The molecule has 2 aromatic heterocycles. The Morgan fingerprint density at radius 2 is 1.15 bits per heavy atom. The molecule has 0 radical (unpaired) electrons. The van der Waals surface area contributed by atoms with Crippen LogP contribution in [0.15, 0.2) is 103 Å². The molecule has 6 aromatic rings. The Kier molecular flexibility index (Phi) is 5.74. The third-order valence-electron chi connectivity index (χ3n) is 6.69. The van der Waals surface area contributed by atoms with Crippen molar-refractivity contribution in [1.29, 1.82) is 15.8 Å². The summed E-state index contributed by atoms with van der Waals surface area (Å²) in [6.45, 7) is 2.03. The van der Waals surface area contributed by atoms with Crippen LogP contribution in [0.2, 0.25) is 0 Å². The average Bonchev–Trinajstić information content (AvgIpc) is 3.30. The Labute approximate surface area is 225 Å². The predicted octanol–water partition coefficient (Wildman–Crippen LogP) is 7.57. The van der Waals surface area contributed by atoms with Crippen LogP contribution in [0.4, 0.5) is 17.2 Å².